The number of aromatic nitrogens is 3. The largest absolute Gasteiger partial charge is 0.398 e. The van der Waals surface area contributed by atoms with Crippen molar-refractivity contribution in [2.24, 2.45) is 10.2 Å². The highest BCUT2D eigenvalue weighted by Crippen LogP contribution is 2.36. The van der Waals surface area contributed by atoms with E-state index in [9.17, 15) is 10.1 Å². The fourth-order valence-electron chi connectivity index (χ4n) is 3.79. The third kappa shape index (κ3) is 3.99. The number of nitro groups is 1. The van der Waals surface area contributed by atoms with Crippen LogP contribution in [0.25, 0.3) is 21.8 Å². The number of nitrogen functional groups attached to an aromatic ring is 1. The number of nitrogens with one attached hydrogen (secondary N) is 2. The topological polar surface area (TPSA) is 147 Å². The number of hydrogen-bond acceptors (Lipinski definition) is 8. The molecule has 5 aromatic rings. The maximum atomic E-state index is 11.3. The Hall–Kier alpha value is -4.86. The normalized spacial score (nSPS) is 11.4. The van der Waals surface area contributed by atoms with Gasteiger partial charge in [-0.3, -0.25) is 10.1 Å². The van der Waals surface area contributed by atoms with Crippen molar-refractivity contribution < 1.29 is 4.92 Å². The molecule has 0 aliphatic carbocycles. The van der Waals surface area contributed by atoms with Crippen LogP contribution in [-0.2, 0) is 6.54 Å². The average molecular weight is 452 g/mol. The van der Waals surface area contributed by atoms with Crippen molar-refractivity contribution in [3.8, 4) is 0 Å². The first kappa shape index (κ1) is 21.0. The Morgan fingerprint density at radius 3 is 2.68 bits per heavy atom. The second-order valence-corrected chi connectivity index (χ2v) is 7.83. The number of anilines is 2. The first-order chi connectivity index (χ1) is 16.5. The lowest BCUT2D eigenvalue weighted by molar-refractivity contribution is -0.385. The number of nitrogens with two attached hydrogens (primary N) is 1. The number of benzene rings is 4. The van der Waals surface area contributed by atoms with Gasteiger partial charge in [-0.05, 0) is 47.5 Å². The van der Waals surface area contributed by atoms with E-state index in [1.54, 1.807) is 13.0 Å². The third-order valence-electron chi connectivity index (χ3n) is 5.59. The van der Waals surface area contributed by atoms with Gasteiger partial charge in [0.25, 0.3) is 5.69 Å². The summed E-state index contributed by atoms with van der Waals surface area (Å²) < 4.78 is 0. The lowest BCUT2D eigenvalue weighted by atomic mass is 10.1. The van der Waals surface area contributed by atoms with Crippen LogP contribution in [-0.4, -0.2) is 20.3 Å². The van der Waals surface area contributed by atoms with Crippen molar-refractivity contribution >= 4 is 50.2 Å². The van der Waals surface area contributed by atoms with Crippen LogP contribution in [0.3, 0.4) is 0 Å². The molecule has 0 radical (unpaired) electrons. The molecular formula is C24H20N8O2. The molecule has 10 nitrogen and oxygen atoms in total. The summed E-state index contributed by atoms with van der Waals surface area (Å²) in [6.45, 7) is 2.17. The molecule has 0 spiro atoms. The van der Waals surface area contributed by atoms with E-state index in [1.165, 1.54) is 11.5 Å². The summed E-state index contributed by atoms with van der Waals surface area (Å²) in [5.74, 6) is 0. The van der Waals surface area contributed by atoms with Gasteiger partial charge in [0.2, 0.25) is 0 Å². The summed E-state index contributed by atoms with van der Waals surface area (Å²) in [7, 11) is 0. The molecule has 0 fully saturated rings. The Bertz CT molecular complexity index is 1570. The molecule has 10 heteroatoms. The maximum Gasteiger partial charge on any atom is 0.276 e. The van der Waals surface area contributed by atoms with E-state index in [0.717, 1.165) is 10.9 Å². The Labute approximate surface area is 193 Å². The highest BCUT2D eigenvalue weighted by atomic mass is 16.6. The van der Waals surface area contributed by atoms with E-state index in [2.05, 4.69) is 61.3 Å². The molecule has 34 heavy (non-hydrogen) atoms. The standard InChI is InChI=1S/C24H20N8O2/c1-14-21(11-18(25)12-22(14)32(33)34)27-29-23-19(8-9-20-24(23)30-31-28-20)26-13-15-6-7-16-4-2-3-5-17(16)10-15/h2-12,26H,13,25H2,1H3,(H,28,30,31). The van der Waals surface area contributed by atoms with Gasteiger partial charge in [-0.15, -0.1) is 10.2 Å². The predicted molar refractivity (Wildman–Crippen MR) is 132 cm³/mol. The molecule has 0 saturated heterocycles. The number of nitro benzene ring substituents is 1. The summed E-state index contributed by atoms with van der Waals surface area (Å²) in [6, 6.07) is 21.0. The molecule has 1 aromatic heterocycles. The van der Waals surface area contributed by atoms with E-state index < -0.39 is 4.92 Å². The number of H-pyrrole nitrogens is 1. The molecule has 0 amide bonds. The Kier molecular flexibility index (Phi) is 5.30. The van der Waals surface area contributed by atoms with E-state index in [0.29, 0.717) is 40.2 Å². The summed E-state index contributed by atoms with van der Waals surface area (Å²) in [5.41, 5.74) is 10.1. The Balaban J connectivity index is 1.50. The smallest absolute Gasteiger partial charge is 0.276 e. The molecular weight excluding hydrogens is 432 g/mol. The van der Waals surface area contributed by atoms with Crippen molar-refractivity contribution in [2.45, 2.75) is 13.5 Å². The number of aromatic amines is 1. The zero-order valence-corrected chi connectivity index (χ0v) is 18.2. The van der Waals surface area contributed by atoms with Crippen LogP contribution < -0.4 is 11.1 Å². The molecule has 1 heterocycles. The fourth-order valence-corrected chi connectivity index (χ4v) is 3.79. The highest BCUT2D eigenvalue weighted by molar-refractivity contribution is 5.93. The third-order valence-corrected chi connectivity index (χ3v) is 5.59. The maximum absolute atomic E-state index is 11.3. The Morgan fingerprint density at radius 1 is 1.03 bits per heavy atom. The van der Waals surface area contributed by atoms with Crippen molar-refractivity contribution in [3.05, 3.63) is 88.0 Å². The molecule has 0 bridgehead atoms. The van der Waals surface area contributed by atoms with E-state index in [4.69, 9.17) is 5.73 Å². The van der Waals surface area contributed by atoms with E-state index in [-0.39, 0.29) is 11.4 Å². The first-order valence-corrected chi connectivity index (χ1v) is 10.5. The highest BCUT2D eigenvalue weighted by Gasteiger charge is 2.16. The van der Waals surface area contributed by atoms with Crippen LogP contribution in [0.15, 0.2) is 77.0 Å². The van der Waals surface area contributed by atoms with Gasteiger partial charge >= 0.3 is 0 Å². The van der Waals surface area contributed by atoms with Crippen LogP contribution in [0.5, 0.6) is 0 Å². The second kappa shape index (κ2) is 8.58. The molecule has 0 unspecified atom stereocenters. The van der Waals surface area contributed by atoms with Crippen molar-refractivity contribution in [2.75, 3.05) is 11.1 Å². The average Bonchev–Trinajstić information content (AvgIpc) is 3.32. The van der Waals surface area contributed by atoms with E-state index in [1.807, 2.05) is 24.3 Å². The minimum absolute atomic E-state index is 0.108. The van der Waals surface area contributed by atoms with Gasteiger partial charge in [0, 0.05) is 18.3 Å². The lowest BCUT2D eigenvalue weighted by Crippen LogP contribution is -2.00. The molecule has 0 aliphatic rings. The molecule has 0 aliphatic heterocycles. The number of hydrogen-bond donors (Lipinski definition) is 3. The molecule has 4 aromatic carbocycles. The minimum Gasteiger partial charge on any atom is -0.398 e. The van der Waals surface area contributed by atoms with Crippen LogP contribution in [0.1, 0.15) is 11.1 Å². The Morgan fingerprint density at radius 2 is 1.85 bits per heavy atom. The zero-order chi connectivity index (χ0) is 23.7. The molecule has 168 valence electrons. The SMILES string of the molecule is Cc1c(N=Nc2c(NCc3ccc4ccccc4c3)ccc3n[nH]nc23)cc(N)cc1[N+](=O)[O-]. The van der Waals surface area contributed by atoms with Crippen LogP contribution >= 0.6 is 0 Å². The number of fused-ring (bicyclic) bond motifs is 2. The monoisotopic (exact) mass is 452 g/mol. The van der Waals surface area contributed by atoms with E-state index >= 15 is 0 Å². The minimum atomic E-state index is -0.486. The summed E-state index contributed by atoms with van der Waals surface area (Å²) in [4.78, 5) is 10.9. The zero-order valence-electron chi connectivity index (χ0n) is 18.2. The van der Waals surface area contributed by atoms with Crippen molar-refractivity contribution in [1.82, 2.24) is 15.4 Å². The van der Waals surface area contributed by atoms with Crippen molar-refractivity contribution in [1.29, 1.82) is 0 Å². The molecule has 0 saturated carbocycles. The fraction of sp³-hybridized carbons (Fsp3) is 0.0833. The van der Waals surface area contributed by atoms with Gasteiger partial charge in [0.05, 0.1) is 21.9 Å². The summed E-state index contributed by atoms with van der Waals surface area (Å²) in [5, 5.41) is 36.7. The van der Waals surface area contributed by atoms with Crippen LogP contribution in [0, 0.1) is 17.0 Å². The number of rotatable bonds is 6. The molecule has 0 atom stereocenters. The van der Waals surface area contributed by atoms with Gasteiger partial charge in [-0.1, -0.05) is 36.4 Å². The second-order valence-electron chi connectivity index (χ2n) is 7.83. The van der Waals surface area contributed by atoms with Gasteiger partial charge in [0.15, 0.2) is 0 Å². The first-order valence-electron chi connectivity index (χ1n) is 10.5. The number of azo groups is 1. The van der Waals surface area contributed by atoms with Gasteiger partial charge < -0.3 is 11.1 Å². The van der Waals surface area contributed by atoms with Gasteiger partial charge in [-0.2, -0.15) is 15.4 Å². The quantitative estimate of drug-likeness (QED) is 0.126. The lowest BCUT2D eigenvalue weighted by Gasteiger charge is -2.10. The predicted octanol–water partition coefficient (Wildman–Crippen LogP) is 5.94. The number of nitrogens with zero attached hydrogens (tertiary/aromatic N) is 5. The van der Waals surface area contributed by atoms with Crippen LogP contribution in [0.2, 0.25) is 0 Å². The van der Waals surface area contributed by atoms with Gasteiger partial charge in [-0.25, -0.2) is 0 Å². The van der Waals surface area contributed by atoms with Crippen LogP contribution in [0.4, 0.5) is 28.4 Å². The van der Waals surface area contributed by atoms with Gasteiger partial charge in [0.1, 0.15) is 16.7 Å². The summed E-state index contributed by atoms with van der Waals surface area (Å²) in [6.07, 6.45) is 0. The molecule has 4 N–H and O–H groups in total. The molecule has 5 rings (SSSR count). The van der Waals surface area contributed by atoms with Crippen molar-refractivity contribution in [3.63, 3.8) is 0 Å². The summed E-state index contributed by atoms with van der Waals surface area (Å²) >= 11 is 0.